The molecule has 0 radical (unpaired) electrons. The number of hydrogen-bond donors (Lipinski definition) is 0. The molecule has 1 saturated carbocycles. The number of carbonyl (C=O) groups is 1. The highest BCUT2D eigenvalue weighted by Gasteiger charge is 2.53. The van der Waals surface area contributed by atoms with E-state index < -0.39 is 30.0 Å². The van der Waals surface area contributed by atoms with Gasteiger partial charge in [-0.2, -0.15) is 0 Å². The van der Waals surface area contributed by atoms with Gasteiger partial charge in [-0.3, -0.25) is 4.79 Å². The summed E-state index contributed by atoms with van der Waals surface area (Å²) in [7, 11) is -0.706. The predicted octanol–water partition coefficient (Wildman–Crippen LogP) is 5.13. The minimum Gasteiger partial charge on any atom is -0.457 e. The Hall–Kier alpha value is -2.45. The molecule has 0 aromatic heterocycles. The molecule has 0 unspecified atom stereocenters. The van der Waals surface area contributed by atoms with Crippen molar-refractivity contribution in [2.45, 2.75) is 77.5 Å². The lowest BCUT2D eigenvalue weighted by Gasteiger charge is -2.37. The summed E-state index contributed by atoms with van der Waals surface area (Å²) in [6, 6.07) is 7.33. The maximum absolute atomic E-state index is 14.0. The van der Waals surface area contributed by atoms with Crippen molar-refractivity contribution in [2.24, 2.45) is 5.92 Å². The van der Waals surface area contributed by atoms with Gasteiger partial charge in [0.05, 0.1) is 16.9 Å². The molecule has 2 fully saturated rings. The van der Waals surface area contributed by atoms with Crippen LogP contribution < -0.4 is 15.1 Å². The highest BCUT2D eigenvalue weighted by Crippen LogP contribution is 2.43. The van der Waals surface area contributed by atoms with Gasteiger partial charge in [-0.15, -0.1) is 0 Å². The van der Waals surface area contributed by atoms with Gasteiger partial charge in [-0.05, 0) is 78.5 Å². The van der Waals surface area contributed by atoms with E-state index >= 15 is 0 Å². The molecule has 2 heterocycles. The van der Waals surface area contributed by atoms with E-state index in [0.717, 1.165) is 42.6 Å². The molecule has 1 atom stereocenters. The minimum atomic E-state index is -0.987. The fraction of sp³-hybridized carbons (Fsp3) is 0.500. The Kier molecular flexibility index (Phi) is 5.52. The van der Waals surface area contributed by atoms with E-state index in [1.165, 1.54) is 6.07 Å². The molecule has 5 nitrogen and oxygen atoms in total. The fourth-order valence-corrected chi connectivity index (χ4v) is 4.62. The first-order valence-electron chi connectivity index (χ1n) is 12.0. The van der Waals surface area contributed by atoms with E-state index in [1.54, 1.807) is 0 Å². The number of rotatable bonds is 4. The molecule has 1 amide bonds. The minimum absolute atomic E-state index is 0.0689. The molecular weight excluding hydrogens is 439 g/mol. The Bertz CT molecular complexity index is 1130. The van der Waals surface area contributed by atoms with Crippen molar-refractivity contribution in [3.8, 4) is 11.5 Å². The number of carbonyl (C=O) groups excluding carboxylic acids is 1. The van der Waals surface area contributed by atoms with Crippen molar-refractivity contribution in [1.82, 2.24) is 0 Å². The van der Waals surface area contributed by atoms with Crippen LogP contribution in [0.15, 0.2) is 30.3 Å². The zero-order valence-corrected chi connectivity index (χ0v) is 20.3. The molecule has 3 aliphatic rings. The summed E-state index contributed by atoms with van der Waals surface area (Å²) in [6.45, 7) is 9.94. The van der Waals surface area contributed by atoms with Crippen LogP contribution in [0, 0.1) is 17.6 Å². The highest BCUT2D eigenvalue weighted by molar-refractivity contribution is 6.63. The van der Waals surface area contributed by atoms with Gasteiger partial charge in [0, 0.05) is 29.1 Å². The van der Waals surface area contributed by atoms with Crippen LogP contribution >= 0.6 is 0 Å². The van der Waals surface area contributed by atoms with Gasteiger partial charge in [0.25, 0.3) is 0 Å². The van der Waals surface area contributed by atoms with Crippen LogP contribution in [-0.2, 0) is 20.5 Å². The summed E-state index contributed by atoms with van der Waals surface area (Å²) in [6.07, 6.45) is 3.28. The summed E-state index contributed by atoms with van der Waals surface area (Å²) in [4.78, 5) is 15.0. The van der Waals surface area contributed by atoms with Crippen molar-refractivity contribution in [2.75, 3.05) is 4.90 Å². The monoisotopic (exact) mass is 469 g/mol. The van der Waals surface area contributed by atoms with E-state index in [0.29, 0.717) is 17.6 Å². The van der Waals surface area contributed by atoms with E-state index in [2.05, 4.69) is 6.92 Å². The predicted molar refractivity (Wildman–Crippen MR) is 127 cm³/mol. The third-order valence-corrected chi connectivity index (χ3v) is 7.56. The summed E-state index contributed by atoms with van der Waals surface area (Å²) >= 11 is 0. The second kappa shape index (κ2) is 8.06. The quantitative estimate of drug-likeness (QED) is 0.583. The Morgan fingerprint density at radius 2 is 1.71 bits per heavy atom. The zero-order chi connectivity index (χ0) is 24.4. The summed E-state index contributed by atoms with van der Waals surface area (Å²) in [5.41, 5.74) is 1.19. The normalized spacial score (nSPS) is 23.1. The smallest absolute Gasteiger partial charge is 0.457 e. The Labute approximate surface area is 199 Å². The largest absolute Gasteiger partial charge is 0.498 e. The molecule has 8 heteroatoms. The van der Waals surface area contributed by atoms with Crippen molar-refractivity contribution in [3.63, 3.8) is 0 Å². The standard InChI is InChI=1S/C26H30BF2NO4/c1-15-6-10-18-22(30(15)24(31)16-7-8-16)13-11-19(27-33-25(2,3)26(4,5)34-27)23(18)32-17-9-12-20(28)21(29)14-17/h9,11-16H,6-8,10H2,1-5H3/t15-/m0/s1. The average Bonchev–Trinajstić information content (AvgIpc) is 3.57. The highest BCUT2D eigenvalue weighted by atomic mass is 19.2. The summed E-state index contributed by atoms with van der Waals surface area (Å²) in [5.74, 6) is -1.07. The van der Waals surface area contributed by atoms with Gasteiger partial charge in [-0.1, -0.05) is 6.07 Å². The molecule has 1 saturated heterocycles. The number of benzene rings is 2. The lowest BCUT2D eigenvalue weighted by molar-refractivity contribution is -0.120. The maximum Gasteiger partial charge on any atom is 0.498 e. The Morgan fingerprint density at radius 1 is 1.03 bits per heavy atom. The van der Waals surface area contributed by atoms with Gasteiger partial charge in [-0.25, -0.2) is 8.78 Å². The van der Waals surface area contributed by atoms with Crippen molar-refractivity contribution < 1.29 is 27.6 Å². The van der Waals surface area contributed by atoms with Gasteiger partial charge < -0.3 is 18.9 Å². The third-order valence-electron chi connectivity index (χ3n) is 7.56. The Balaban J connectivity index is 1.62. The van der Waals surface area contributed by atoms with E-state index in [9.17, 15) is 13.6 Å². The summed E-state index contributed by atoms with van der Waals surface area (Å²) < 4.78 is 46.3. The second-order valence-electron chi connectivity index (χ2n) is 10.6. The first-order chi connectivity index (χ1) is 16.0. The van der Waals surface area contributed by atoms with E-state index in [1.807, 2.05) is 44.7 Å². The molecule has 34 heavy (non-hydrogen) atoms. The fourth-order valence-electron chi connectivity index (χ4n) is 4.62. The molecule has 2 aromatic rings. The van der Waals surface area contributed by atoms with Crippen LogP contribution in [-0.4, -0.2) is 30.3 Å². The van der Waals surface area contributed by atoms with Crippen LogP contribution in [0.3, 0.4) is 0 Å². The molecule has 0 spiro atoms. The number of hydrogen-bond acceptors (Lipinski definition) is 4. The van der Waals surface area contributed by atoms with Crippen LogP contribution in [0.25, 0.3) is 0 Å². The van der Waals surface area contributed by atoms with Crippen molar-refractivity contribution >= 4 is 24.2 Å². The first-order valence-corrected chi connectivity index (χ1v) is 12.0. The lowest BCUT2D eigenvalue weighted by atomic mass is 9.76. The number of nitrogens with zero attached hydrogens (tertiary/aromatic N) is 1. The van der Waals surface area contributed by atoms with E-state index in [-0.39, 0.29) is 23.6 Å². The van der Waals surface area contributed by atoms with Gasteiger partial charge in [0.1, 0.15) is 11.5 Å². The van der Waals surface area contributed by atoms with Crippen LogP contribution in [0.1, 0.15) is 59.4 Å². The molecule has 1 aliphatic carbocycles. The zero-order valence-electron chi connectivity index (χ0n) is 20.3. The maximum atomic E-state index is 14.0. The number of anilines is 1. The third kappa shape index (κ3) is 3.91. The Morgan fingerprint density at radius 3 is 2.32 bits per heavy atom. The molecule has 5 rings (SSSR count). The number of fused-ring (bicyclic) bond motifs is 1. The topological polar surface area (TPSA) is 48.0 Å². The molecule has 0 bridgehead atoms. The van der Waals surface area contributed by atoms with E-state index in [4.69, 9.17) is 14.0 Å². The molecule has 180 valence electrons. The SMILES string of the molecule is C[C@H]1CCc2c(ccc(B3OC(C)(C)C(C)(C)O3)c2Oc2ccc(F)c(F)c2)N1C(=O)C1CC1. The van der Waals surface area contributed by atoms with Gasteiger partial charge >= 0.3 is 7.12 Å². The lowest BCUT2D eigenvalue weighted by Crippen LogP contribution is -2.44. The molecule has 0 N–H and O–H groups in total. The molecule has 2 aliphatic heterocycles. The first kappa shape index (κ1) is 23.3. The number of halogens is 2. The van der Waals surface area contributed by atoms with Crippen LogP contribution in [0.2, 0.25) is 0 Å². The van der Waals surface area contributed by atoms with Crippen molar-refractivity contribution in [3.05, 3.63) is 47.5 Å². The molecule has 2 aromatic carbocycles. The van der Waals surface area contributed by atoms with Gasteiger partial charge in [0.2, 0.25) is 5.91 Å². The number of amides is 1. The van der Waals surface area contributed by atoms with Crippen LogP contribution in [0.5, 0.6) is 11.5 Å². The van der Waals surface area contributed by atoms with Crippen LogP contribution in [0.4, 0.5) is 14.5 Å². The second-order valence-corrected chi connectivity index (χ2v) is 10.6. The van der Waals surface area contributed by atoms with Crippen molar-refractivity contribution in [1.29, 1.82) is 0 Å². The summed E-state index contributed by atoms with van der Waals surface area (Å²) in [5, 5.41) is 0. The number of ether oxygens (including phenoxy) is 1. The molecular formula is C26H30BF2NO4. The van der Waals surface area contributed by atoms with Gasteiger partial charge in [0.15, 0.2) is 11.6 Å². The average molecular weight is 469 g/mol.